The molecule has 0 spiro atoms. The number of rotatable bonds is 4. The van der Waals surface area contributed by atoms with Crippen molar-refractivity contribution in [2.45, 2.75) is 25.2 Å². The molecular formula is C6H8F6O. The zero-order chi connectivity index (χ0) is 10.7. The molecule has 0 amide bonds. The molecule has 1 unspecified atom stereocenters. The second kappa shape index (κ2) is 4.17. The highest BCUT2D eigenvalue weighted by Gasteiger charge is 2.56. The van der Waals surface area contributed by atoms with E-state index >= 15 is 0 Å². The lowest BCUT2D eigenvalue weighted by Crippen LogP contribution is -2.44. The second-order valence-electron chi connectivity index (χ2n) is 2.30. The molecule has 80 valence electrons. The van der Waals surface area contributed by atoms with Crippen LogP contribution in [0.3, 0.4) is 0 Å². The lowest BCUT2D eigenvalue weighted by molar-refractivity contribution is -0.255. The highest BCUT2D eigenvalue weighted by atomic mass is 19.4. The lowest BCUT2D eigenvalue weighted by atomic mass is 10.2. The lowest BCUT2D eigenvalue weighted by Gasteiger charge is -2.21. The third-order valence-corrected chi connectivity index (χ3v) is 1.16. The summed E-state index contributed by atoms with van der Waals surface area (Å²) in [6.45, 7) is -0.443. The maximum absolute atomic E-state index is 12.3. The minimum atomic E-state index is -5.55. The van der Waals surface area contributed by atoms with Crippen molar-refractivity contribution in [1.82, 2.24) is 0 Å². The molecule has 0 N–H and O–H groups in total. The monoisotopic (exact) mass is 210 g/mol. The fourth-order valence-electron chi connectivity index (χ4n) is 0.551. The van der Waals surface area contributed by atoms with Gasteiger partial charge < -0.3 is 4.74 Å². The van der Waals surface area contributed by atoms with Gasteiger partial charge in [0.2, 0.25) is 0 Å². The maximum atomic E-state index is 12.3. The zero-order valence-electron chi connectivity index (χ0n) is 6.67. The van der Waals surface area contributed by atoms with Crippen LogP contribution >= 0.6 is 0 Å². The Bertz CT molecular complexity index is 154. The molecule has 0 aromatic carbocycles. The van der Waals surface area contributed by atoms with Crippen LogP contribution in [0.5, 0.6) is 0 Å². The average Bonchev–Trinajstić information content (AvgIpc) is 1.98. The van der Waals surface area contributed by atoms with E-state index < -0.39 is 24.9 Å². The molecule has 0 aliphatic heterocycles. The first-order valence-electron chi connectivity index (χ1n) is 3.38. The van der Waals surface area contributed by atoms with Crippen molar-refractivity contribution >= 4 is 0 Å². The molecule has 1 nitrogen and oxygen atoms in total. The van der Waals surface area contributed by atoms with Gasteiger partial charge in [0.15, 0.2) is 0 Å². The predicted molar refractivity (Wildman–Crippen MR) is 32.4 cm³/mol. The Kier molecular flexibility index (Phi) is 4.02. The van der Waals surface area contributed by atoms with Crippen LogP contribution in [0.4, 0.5) is 26.3 Å². The van der Waals surface area contributed by atoms with E-state index in [0.717, 1.165) is 0 Å². The summed E-state index contributed by atoms with van der Waals surface area (Å²) < 4.78 is 75.0. The standard InChI is InChI=1S/C6H8F6O/c1-2-13-3-5(8,9)4(7)6(10,11)12/h4H,2-3H2,1H3. The summed E-state index contributed by atoms with van der Waals surface area (Å²) in [5.41, 5.74) is 0. The number of hydrogen-bond donors (Lipinski definition) is 0. The van der Waals surface area contributed by atoms with Gasteiger partial charge in [0.05, 0.1) is 0 Å². The van der Waals surface area contributed by atoms with E-state index in [-0.39, 0.29) is 6.61 Å². The Morgan fingerprint density at radius 1 is 1.15 bits per heavy atom. The number of hydrogen-bond acceptors (Lipinski definition) is 1. The van der Waals surface area contributed by atoms with E-state index in [0.29, 0.717) is 0 Å². The van der Waals surface area contributed by atoms with Gasteiger partial charge in [-0.15, -0.1) is 0 Å². The van der Waals surface area contributed by atoms with Gasteiger partial charge in [0.25, 0.3) is 6.17 Å². The van der Waals surface area contributed by atoms with E-state index in [2.05, 4.69) is 4.74 Å². The van der Waals surface area contributed by atoms with E-state index in [1.807, 2.05) is 0 Å². The molecule has 13 heavy (non-hydrogen) atoms. The van der Waals surface area contributed by atoms with Crippen LogP contribution in [-0.4, -0.2) is 31.5 Å². The van der Waals surface area contributed by atoms with Crippen molar-refractivity contribution in [1.29, 1.82) is 0 Å². The fraction of sp³-hybridized carbons (Fsp3) is 1.00. The number of ether oxygens (including phenoxy) is 1. The largest absolute Gasteiger partial charge is 0.425 e. The van der Waals surface area contributed by atoms with Crippen LogP contribution in [0.1, 0.15) is 6.92 Å². The van der Waals surface area contributed by atoms with Crippen molar-refractivity contribution in [2.75, 3.05) is 13.2 Å². The molecule has 0 aromatic rings. The predicted octanol–water partition coefficient (Wildman–Crippen LogP) is 2.56. The molecule has 1 atom stereocenters. The number of alkyl halides is 6. The summed E-state index contributed by atoms with van der Waals surface area (Å²) in [7, 11) is 0. The number of halogens is 6. The summed E-state index contributed by atoms with van der Waals surface area (Å²) in [5.74, 6) is -4.52. The van der Waals surface area contributed by atoms with Crippen LogP contribution in [0.25, 0.3) is 0 Å². The molecule has 0 aliphatic rings. The smallest absolute Gasteiger partial charge is 0.375 e. The molecule has 0 heterocycles. The molecular weight excluding hydrogens is 202 g/mol. The highest BCUT2D eigenvalue weighted by molar-refractivity contribution is 4.82. The first kappa shape index (κ1) is 12.5. The summed E-state index contributed by atoms with van der Waals surface area (Å²) >= 11 is 0. The summed E-state index contributed by atoms with van der Waals surface area (Å²) in [6.07, 6.45) is -9.73. The van der Waals surface area contributed by atoms with E-state index in [1.165, 1.54) is 6.92 Å². The normalized spacial score (nSPS) is 15.9. The first-order valence-corrected chi connectivity index (χ1v) is 3.38. The molecule has 0 saturated carbocycles. The Morgan fingerprint density at radius 3 is 1.92 bits per heavy atom. The molecule has 0 saturated heterocycles. The first-order chi connectivity index (χ1) is 5.72. The van der Waals surface area contributed by atoms with Gasteiger partial charge >= 0.3 is 12.1 Å². The Balaban J connectivity index is 4.27. The maximum Gasteiger partial charge on any atom is 0.425 e. The summed E-state index contributed by atoms with van der Waals surface area (Å²) in [5, 5.41) is 0. The van der Waals surface area contributed by atoms with Gasteiger partial charge in [-0.3, -0.25) is 0 Å². The second-order valence-corrected chi connectivity index (χ2v) is 2.30. The van der Waals surface area contributed by atoms with Crippen molar-refractivity contribution in [3.05, 3.63) is 0 Å². The zero-order valence-corrected chi connectivity index (χ0v) is 6.67. The van der Waals surface area contributed by atoms with E-state index in [1.54, 1.807) is 0 Å². The molecule has 0 fully saturated rings. The molecule has 7 heteroatoms. The Hall–Kier alpha value is -0.460. The van der Waals surface area contributed by atoms with Gasteiger partial charge in [0.1, 0.15) is 6.61 Å². The topological polar surface area (TPSA) is 9.23 Å². The Labute approximate surface area is 70.7 Å². The summed E-state index contributed by atoms with van der Waals surface area (Å²) in [4.78, 5) is 0. The van der Waals surface area contributed by atoms with Crippen molar-refractivity contribution in [3.63, 3.8) is 0 Å². The minimum absolute atomic E-state index is 0.194. The Morgan fingerprint density at radius 2 is 1.62 bits per heavy atom. The van der Waals surface area contributed by atoms with Crippen LogP contribution in [-0.2, 0) is 4.74 Å². The van der Waals surface area contributed by atoms with Gasteiger partial charge in [0, 0.05) is 6.61 Å². The van der Waals surface area contributed by atoms with Crippen molar-refractivity contribution in [2.24, 2.45) is 0 Å². The van der Waals surface area contributed by atoms with Crippen LogP contribution in [0, 0.1) is 0 Å². The summed E-state index contributed by atoms with van der Waals surface area (Å²) in [6, 6.07) is 0. The SMILES string of the molecule is CCOCC(F)(F)C(F)C(F)(F)F. The van der Waals surface area contributed by atoms with Gasteiger partial charge in [-0.05, 0) is 6.92 Å². The van der Waals surface area contributed by atoms with Gasteiger partial charge in [-0.25, -0.2) is 13.2 Å². The van der Waals surface area contributed by atoms with Gasteiger partial charge in [-0.1, -0.05) is 0 Å². The van der Waals surface area contributed by atoms with E-state index in [4.69, 9.17) is 0 Å². The molecule has 0 radical (unpaired) electrons. The molecule has 0 rings (SSSR count). The van der Waals surface area contributed by atoms with Crippen molar-refractivity contribution in [3.8, 4) is 0 Å². The van der Waals surface area contributed by atoms with Crippen LogP contribution < -0.4 is 0 Å². The third-order valence-electron chi connectivity index (χ3n) is 1.16. The molecule has 0 aliphatic carbocycles. The average molecular weight is 210 g/mol. The fourth-order valence-corrected chi connectivity index (χ4v) is 0.551. The van der Waals surface area contributed by atoms with Crippen LogP contribution in [0.15, 0.2) is 0 Å². The highest BCUT2D eigenvalue weighted by Crippen LogP contribution is 2.34. The van der Waals surface area contributed by atoms with E-state index in [9.17, 15) is 26.3 Å². The van der Waals surface area contributed by atoms with Gasteiger partial charge in [-0.2, -0.15) is 13.2 Å². The quantitative estimate of drug-likeness (QED) is 0.648. The van der Waals surface area contributed by atoms with Crippen molar-refractivity contribution < 1.29 is 31.1 Å². The molecule has 0 bridgehead atoms. The minimum Gasteiger partial charge on any atom is -0.375 e. The molecule has 0 aromatic heterocycles. The van der Waals surface area contributed by atoms with Crippen LogP contribution in [0.2, 0.25) is 0 Å². The third kappa shape index (κ3) is 3.84.